The van der Waals surface area contributed by atoms with Crippen LogP contribution in [-0.4, -0.2) is 49.2 Å². The van der Waals surface area contributed by atoms with Gasteiger partial charge in [0.15, 0.2) is 0 Å². The molecule has 2 saturated heterocycles. The Labute approximate surface area is 127 Å². The fourth-order valence-corrected chi connectivity index (χ4v) is 3.21. The number of ether oxygens (including phenoxy) is 2. The monoisotopic (exact) mass is 297 g/mol. The van der Waals surface area contributed by atoms with E-state index in [4.69, 9.17) is 9.47 Å². The van der Waals surface area contributed by atoms with Crippen LogP contribution in [0.2, 0.25) is 0 Å². The van der Waals surface area contributed by atoms with Crippen molar-refractivity contribution in [1.29, 1.82) is 0 Å². The maximum absolute atomic E-state index is 12.1. The minimum absolute atomic E-state index is 0.307. The molecule has 0 radical (unpaired) electrons. The summed E-state index contributed by atoms with van der Waals surface area (Å²) >= 11 is 0. The van der Waals surface area contributed by atoms with E-state index in [1.807, 2.05) is 20.8 Å². The van der Waals surface area contributed by atoms with Gasteiger partial charge >= 0.3 is 6.09 Å². The molecule has 0 aromatic carbocycles. The lowest BCUT2D eigenvalue weighted by Gasteiger charge is -2.31. The number of carbonyl (C=O) groups is 2. The molecule has 2 aliphatic heterocycles. The highest BCUT2D eigenvalue weighted by Gasteiger charge is 2.42. The predicted molar refractivity (Wildman–Crippen MR) is 79.1 cm³/mol. The second-order valence-corrected chi connectivity index (χ2v) is 7.39. The first-order valence-electron chi connectivity index (χ1n) is 7.86. The Hall–Kier alpha value is -1.10. The fourth-order valence-electron chi connectivity index (χ4n) is 3.21. The first-order chi connectivity index (χ1) is 9.84. The lowest BCUT2D eigenvalue weighted by Crippen LogP contribution is -2.38. The van der Waals surface area contributed by atoms with Crippen LogP contribution in [-0.2, 0) is 14.3 Å². The van der Waals surface area contributed by atoms with Crippen molar-refractivity contribution in [1.82, 2.24) is 4.90 Å². The number of amides is 1. The molecule has 2 fully saturated rings. The van der Waals surface area contributed by atoms with Gasteiger partial charge in [0.05, 0.1) is 0 Å². The highest BCUT2D eigenvalue weighted by molar-refractivity contribution is 5.71. The minimum Gasteiger partial charge on any atom is -0.444 e. The van der Waals surface area contributed by atoms with E-state index in [0.29, 0.717) is 19.0 Å². The first-order valence-corrected chi connectivity index (χ1v) is 7.86. The molecule has 0 N–H and O–H groups in total. The molecule has 0 bridgehead atoms. The Kier molecular flexibility index (Phi) is 4.91. The third kappa shape index (κ3) is 4.43. The Morgan fingerprint density at radius 2 is 2.05 bits per heavy atom. The number of carbonyl (C=O) groups excluding carboxylic acids is 2. The van der Waals surface area contributed by atoms with Crippen molar-refractivity contribution >= 4 is 12.4 Å². The van der Waals surface area contributed by atoms with Crippen LogP contribution in [0.4, 0.5) is 4.79 Å². The molecule has 0 aromatic rings. The van der Waals surface area contributed by atoms with Gasteiger partial charge in [-0.3, -0.25) is 0 Å². The topological polar surface area (TPSA) is 55.8 Å². The van der Waals surface area contributed by atoms with E-state index in [0.717, 1.165) is 45.2 Å². The molecule has 2 rings (SSSR count). The third-order valence-corrected chi connectivity index (χ3v) is 4.32. The molecule has 5 nitrogen and oxygen atoms in total. The lowest BCUT2D eigenvalue weighted by atomic mass is 9.77. The van der Waals surface area contributed by atoms with Crippen LogP contribution in [0.5, 0.6) is 0 Å². The minimum atomic E-state index is -0.496. The van der Waals surface area contributed by atoms with E-state index in [-0.39, 0.29) is 11.5 Å². The highest BCUT2D eigenvalue weighted by Crippen LogP contribution is 2.38. The van der Waals surface area contributed by atoms with E-state index in [2.05, 4.69) is 0 Å². The molecule has 0 aromatic heterocycles. The Morgan fingerprint density at radius 1 is 1.38 bits per heavy atom. The van der Waals surface area contributed by atoms with Crippen LogP contribution in [0.3, 0.4) is 0 Å². The largest absolute Gasteiger partial charge is 0.444 e. The van der Waals surface area contributed by atoms with E-state index in [9.17, 15) is 9.59 Å². The van der Waals surface area contributed by atoms with Gasteiger partial charge in [-0.05, 0) is 52.4 Å². The summed E-state index contributed by atoms with van der Waals surface area (Å²) in [7, 11) is 0. The number of aldehydes is 1. The third-order valence-electron chi connectivity index (χ3n) is 4.32. The molecule has 1 unspecified atom stereocenters. The SMILES string of the molecule is CC(C)(C)OC(=O)N1CCC(C=O)(CC2CCOCC2)C1. The standard InChI is InChI=1S/C16H27NO4/c1-15(2,3)21-14(19)17-7-6-16(11-17,12-18)10-13-4-8-20-9-5-13/h12-13H,4-11H2,1-3H3. The Bertz CT molecular complexity index is 384. The zero-order valence-corrected chi connectivity index (χ0v) is 13.4. The van der Waals surface area contributed by atoms with Crippen molar-refractivity contribution in [3.63, 3.8) is 0 Å². The van der Waals surface area contributed by atoms with Crippen LogP contribution in [0, 0.1) is 11.3 Å². The highest BCUT2D eigenvalue weighted by atomic mass is 16.6. The van der Waals surface area contributed by atoms with Crippen molar-refractivity contribution < 1.29 is 19.1 Å². The van der Waals surface area contributed by atoms with Crippen molar-refractivity contribution in [3.8, 4) is 0 Å². The quantitative estimate of drug-likeness (QED) is 0.751. The molecular formula is C16H27NO4. The van der Waals surface area contributed by atoms with Crippen molar-refractivity contribution in [2.24, 2.45) is 11.3 Å². The molecular weight excluding hydrogens is 270 g/mol. The van der Waals surface area contributed by atoms with Crippen LogP contribution in [0.1, 0.15) is 46.5 Å². The molecule has 0 spiro atoms. The van der Waals surface area contributed by atoms with E-state index >= 15 is 0 Å². The fraction of sp³-hybridized carbons (Fsp3) is 0.875. The summed E-state index contributed by atoms with van der Waals surface area (Å²) < 4.78 is 10.8. The van der Waals surface area contributed by atoms with Gasteiger partial charge in [0.2, 0.25) is 0 Å². The molecule has 21 heavy (non-hydrogen) atoms. The molecule has 1 amide bonds. The van der Waals surface area contributed by atoms with E-state index < -0.39 is 5.60 Å². The number of rotatable bonds is 3. The summed E-state index contributed by atoms with van der Waals surface area (Å²) in [5.74, 6) is 0.530. The summed E-state index contributed by atoms with van der Waals surface area (Å²) in [5, 5.41) is 0. The van der Waals surface area contributed by atoms with Gasteiger partial charge in [-0.2, -0.15) is 0 Å². The van der Waals surface area contributed by atoms with Gasteiger partial charge in [0, 0.05) is 31.7 Å². The van der Waals surface area contributed by atoms with Gasteiger partial charge in [-0.1, -0.05) is 0 Å². The molecule has 0 aliphatic carbocycles. The smallest absolute Gasteiger partial charge is 0.410 e. The van der Waals surface area contributed by atoms with Gasteiger partial charge < -0.3 is 19.2 Å². The van der Waals surface area contributed by atoms with Gasteiger partial charge in [-0.15, -0.1) is 0 Å². The van der Waals surface area contributed by atoms with Gasteiger partial charge in [0.25, 0.3) is 0 Å². The van der Waals surface area contributed by atoms with Crippen LogP contribution in [0.25, 0.3) is 0 Å². The number of hydrogen-bond acceptors (Lipinski definition) is 4. The van der Waals surface area contributed by atoms with Crippen molar-refractivity contribution in [2.45, 2.75) is 52.1 Å². The Balaban J connectivity index is 1.93. The summed E-state index contributed by atoms with van der Waals surface area (Å²) in [6, 6.07) is 0. The maximum Gasteiger partial charge on any atom is 0.410 e. The maximum atomic E-state index is 12.1. The molecule has 0 saturated carbocycles. The summed E-state index contributed by atoms with van der Waals surface area (Å²) in [4.78, 5) is 25.5. The average Bonchev–Trinajstić information content (AvgIpc) is 2.83. The lowest BCUT2D eigenvalue weighted by molar-refractivity contribution is -0.117. The van der Waals surface area contributed by atoms with Crippen molar-refractivity contribution in [2.75, 3.05) is 26.3 Å². The zero-order chi connectivity index (χ0) is 15.5. The second-order valence-electron chi connectivity index (χ2n) is 7.39. The number of hydrogen-bond donors (Lipinski definition) is 0. The molecule has 2 heterocycles. The predicted octanol–water partition coefficient (Wildman–Crippen LogP) is 2.63. The normalized spacial score (nSPS) is 27.7. The van der Waals surface area contributed by atoms with E-state index in [1.54, 1.807) is 4.90 Å². The van der Waals surface area contributed by atoms with E-state index in [1.165, 1.54) is 0 Å². The number of likely N-dealkylation sites (tertiary alicyclic amines) is 1. The average molecular weight is 297 g/mol. The molecule has 5 heteroatoms. The van der Waals surface area contributed by atoms with Crippen molar-refractivity contribution in [3.05, 3.63) is 0 Å². The zero-order valence-electron chi connectivity index (χ0n) is 13.4. The van der Waals surface area contributed by atoms with Gasteiger partial charge in [0.1, 0.15) is 11.9 Å². The second kappa shape index (κ2) is 6.34. The summed E-state index contributed by atoms with van der Waals surface area (Å²) in [6.45, 7) is 8.24. The number of nitrogens with zero attached hydrogens (tertiary/aromatic N) is 1. The summed E-state index contributed by atoms with van der Waals surface area (Å²) in [6.07, 6.45) is 4.39. The molecule has 2 aliphatic rings. The van der Waals surface area contributed by atoms with Gasteiger partial charge in [-0.25, -0.2) is 4.79 Å². The van der Waals surface area contributed by atoms with Crippen LogP contribution in [0.15, 0.2) is 0 Å². The molecule has 120 valence electrons. The van der Waals surface area contributed by atoms with Crippen LogP contribution >= 0.6 is 0 Å². The molecule has 1 atom stereocenters. The Morgan fingerprint density at radius 3 is 2.62 bits per heavy atom. The summed E-state index contributed by atoms with van der Waals surface area (Å²) in [5.41, 5.74) is -0.886. The van der Waals surface area contributed by atoms with Crippen LogP contribution < -0.4 is 0 Å². The first kappa shape index (κ1) is 16.3.